The van der Waals surface area contributed by atoms with E-state index in [1.54, 1.807) is 31.2 Å². The first-order chi connectivity index (χ1) is 11.8. The molecule has 1 N–H and O–H groups in total. The summed E-state index contributed by atoms with van der Waals surface area (Å²) in [6.07, 6.45) is -6.16. The van der Waals surface area contributed by atoms with Gasteiger partial charge in [0.05, 0.1) is 16.8 Å². The van der Waals surface area contributed by atoms with Crippen molar-refractivity contribution in [3.05, 3.63) is 59.7 Å². The Hall–Kier alpha value is -3.09. The molecule has 0 radical (unpaired) electrons. The van der Waals surface area contributed by atoms with Crippen LogP contribution < -0.4 is 4.74 Å². The van der Waals surface area contributed by atoms with Gasteiger partial charge in [0.2, 0.25) is 0 Å². The van der Waals surface area contributed by atoms with Crippen molar-refractivity contribution in [2.45, 2.75) is 13.1 Å². The summed E-state index contributed by atoms with van der Waals surface area (Å²) < 4.78 is 43.7. The lowest BCUT2D eigenvalue weighted by Gasteiger charge is -2.15. The molecule has 0 spiro atoms. The van der Waals surface area contributed by atoms with Crippen molar-refractivity contribution in [2.24, 2.45) is 0 Å². The average molecular weight is 347 g/mol. The molecule has 4 nitrogen and oxygen atoms in total. The number of carbonyl (C=O) groups is 1. The number of alkyl halides is 3. The lowest BCUT2D eigenvalue weighted by molar-refractivity contribution is -0.137. The van der Waals surface area contributed by atoms with E-state index in [-0.39, 0.29) is 16.7 Å². The number of pyridine rings is 1. The minimum absolute atomic E-state index is 0.00518. The molecule has 1 heterocycles. The van der Waals surface area contributed by atoms with Crippen molar-refractivity contribution in [1.29, 1.82) is 0 Å². The number of halogens is 3. The predicted octanol–water partition coefficient (Wildman–Crippen LogP) is 5.29. The van der Waals surface area contributed by atoms with E-state index in [0.29, 0.717) is 16.8 Å². The normalized spacial score (nSPS) is 11.5. The first kappa shape index (κ1) is 16.8. The minimum Gasteiger partial charge on any atom is -0.449 e. The maximum Gasteiger partial charge on any atom is 0.511 e. The van der Waals surface area contributed by atoms with Crippen molar-refractivity contribution >= 4 is 17.1 Å². The molecule has 3 rings (SSSR count). The first-order valence-electron chi connectivity index (χ1n) is 7.25. The van der Waals surface area contributed by atoms with Gasteiger partial charge in [-0.25, -0.2) is 9.78 Å². The zero-order valence-electron chi connectivity index (χ0n) is 13.0. The Labute approximate surface area is 140 Å². The molecule has 25 heavy (non-hydrogen) atoms. The Kier molecular flexibility index (Phi) is 4.08. The molecule has 0 aliphatic carbocycles. The molecule has 0 bridgehead atoms. The number of hydrogen-bond acceptors (Lipinski definition) is 3. The Balaban J connectivity index is 2.32. The summed E-state index contributed by atoms with van der Waals surface area (Å²) in [6, 6.07) is 11.9. The maximum atomic E-state index is 13.0. The Morgan fingerprint density at radius 2 is 1.80 bits per heavy atom. The second-order valence-electron chi connectivity index (χ2n) is 5.38. The van der Waals surface area contributed by atoms with Gasteiger partial charge >= 0.3 is 12.3 Å². The van der Waals surface area contributed by atoms with E-state index < -0.39 is 17.9 Å². The fourth-order valence-corrected chi connectivity index (χ4v) is 2.60. The monoisotopic (exact) mass is 347 g/mol. The summed E-state index contributed by atoms with van der Waals surface area (Å²) in [5.41, 5.74) is 0.819. The van der Waals surface area contributed by atoms with Gasteiger partial charge in [-0.05, 0) is 25.1 Å². The van der Waals surface area contributed by atoms with E-state index in [9.17, 15) is 18.0 Å². The third kappa shape index (κ3) is 3.26. The molecule has 128 valence electrons. The van der Waals surface area contributed by atoms with Crippen molar-refractivity contribution in [3.8, 4) is 17.0 Å². The van der Waals surface area contributed by atoms with Crippen LogP contribution in [0.2, 0.25) is 0 Å². The highest BCUT2D eigenvalue weighted by atomic mass is 19.4. The van der Waals surface area contributed by atoms with Gasteiger partial charge in [-0.1, -0.05) is 30.3 Å². The van der Waals surface area contributed by atoms with Crippen molar-refractivity contribution in [3.63, 3.8) is 0 Å². The fraction of sp³-hybridized carbons (Fsp3) is 0.111. The summed E-state index contributed by atoms with van der Waals surface area (Å²) >= 11 is 0. The Morgan fingerprint density at radius 3 is 2.40 bits per heavy atom. The molecule has 0 amide bonds. The smallest absolute Gasteiger partial charge is 0.449 e. The third-order valence-electron chi connectivity index (χ3n) is 3.73. The molecule has 0 saturated heterocycles. The average Bonchev–Trinajstić information content (AvgIpc) is 2.56. The standard InChI is InChI=1S/C18H12F3NO3/c1-10-15(11-5-3-2-4-6-11)22-14-8-7-12(18(19,20)21)9-13(14)16(10)25-17(23)24/h2-9H,1H3,(H,23,24). The molecule has 0 fully saturated rings. The second-order valence-corrected chi connectivity index (χ2v) is 5.38. The largest absolute Gasteiger partial charge is 0.511 e. The lowest BCUT2D eigenvalue weighted by Crippen LogP contribution is -2.08. The zero-order chi connectivity index (χ0) is 18.2. The topological polar surface area (TPSA) is 59.4 Å². The lowest BCUT2D eigenvalue weighted by atomic mass is 10.0. The van der Waals surface area contributed by atoms with Gasteiger partial charge in [0, 0.05) is 16.5 Å². The van der Waals surface area contributed by atoms with Gasteiger partial charge in [0.25, 0.3) is 0 Å². The summed E-state index contributed by atoms with van der Waals surface area (Å²) in [4.78, 5) is 15.4. The highest BCUT2D eigenvalue weighted by Gasteiger charge is 2.31. The molecule has 0 atom stereocenters. The Morgan fingerprint density at radius 1 is 1.12 bits per heavy atom. The van der Waals surface area contributed by atoms with E-state index in [1.165, 1.54) is 6.07 Å². The van der Waals surface area contributed by atoms with Crippen LogP contribution in [0.1, 0.15) is 11.1 Å². The van der Waals surface area contributed by atoms with Gasteiger partial charge in [-0.15, -0.1) is 0 Å². The molecule has 0 unspecified atom stereocenters. The van der Waals surface area contributed by atoms with Crippen molar-refractivity contribution < 1.29 is 27.8 Å². The van der Waals surface area contributed by atoms with Crippen LogP contribution in [0.4, 0.5) is 18.0 Å². The zero-order valence-corrected chi connectivity index (χ0v) is 13.0. The first-order valence-corrected chi connectivity index (χ1v) is 7.25. The summed E-state index contributed by atoms with van der Waals surface area (Å²) in [7, 11) is 0. The molecule has 7 heteroatoms. The van der Waals surface area contributed by atoms with Gasteiger partial charge in [-0.2, -0.15) is 13.2 Å². The highest BCUT2D eigenvalue weighted by Crippen LogP contribution is 2.38. The van der Waals surface area contributed by atoms with Crippen LogP contribution in [0.5, 0.6) is 5.75 Å². The molecular weight excluding hydrogens is 335 g/mol. The van der Waals surface area contributed by atoms with Gasteiger partial charge in [-0.3, -0.25) is 0 Å². The van der Waals surface area contributed by atoms with Crippen LogP contribution in [-0.2, 0) is 6.18 Å². The van der Waals surface area contributed by atoms with E-state index in [1.807, 2.05) is 6.07 Å². The van der Waals surface area contributed by atoms with E-state index in [2.05, 4.69) is 4.98 Å². The van der Waals surface area contributed by atoms with Crippen LogP contribution in [-0.4, -0.2) is 16.2 Å². The quantitative estimate of drug-likeness (QED) is 0.640. The molecule has 2 aromatic carbocycles. The summed E-state index contributed by atoms with van der Waals surface area (Å²) in [6.45, 7) is 1.56. The second kappa shape index (κ2) is 6.08. The van der Waals surface area contributed by atoms with E-state index in [0.717, 1.165) is 12.1 Å². The number of aromatic nitrogens is 1. The molecule has 0 aliphatic heterocycles. The van der Waals surface area contributed by atoms with Crippen LogP contribution in [0, 0.1) is 6.92 Å². The molecule has 1 aromatic heterocycles. The number of carboxylic acid groups (broad SMARTS) is 1. The minimum atomic E-state index is -4.55. The number of benzene rings is 2. The summed E-state index contributed by atoms with van der Waals surface area (Å²) in [5.74, 6) is -0.151. The highest BCUT2D eigenvalue weighted by molar-refractivity contribution is 5.92. The number of fused-ring (bicyclic) bond motifs is 1. The van der Waals surface area contributed by atoms with Gasteiger partial charge in [0.15, 0.2) is 0 Å². The van der Waals surface area contributed by atoms with E-state index >= 15 is 0 Å². The van der Waals surface area contributed by atoms with Gasteiger partial charge in [0.1, 0.15) is 5.75 Å². The predicted molar refractivity (Wildman–Crippen MR) is 85.6 cm³/mol. The number of rotatable bonds is 2. The number of nitrogens with zero attached hydrogens (tertiary/aromatic N) is 1. The van der Waals surface area contributed by atoms with E-state index in [4.69, 9.17) is 9.84 Å². The van der Waals surface area contributed by atoms with Crippen molar-refractivity contribution in [2.75, 3.05) is 0 Å². The van der Waals surface area contributed by atoms with Gasteiger partial charge < -0.3 is 9.84 Å². The number of ether oxygens (including phenoxy) is 1. The van der Waals surface area contributed by atoms with Crippen LogP contribution >= 0.6 is 0 Å². The maximum absolute atomic E-state index is 13.0. The van der Waals surface area contributed by atoms with Crippen LogP contribution in [0.15, 0.2) is 48.5 Å². The summed E-state index contributed by atoms with van der Waals surface area (Å²) in [5, 5.41) is 8.97. The van der Waals surface area contributed by atoms with Crippen molar-refractivity contribution in [1.82, 2.24) is 4.98 Å². The fourth-order valence-electron chi connectivity index (χ4n) is 2.60. The number of hydrogen-bond donors (Lipinski definition) is 1. The van der Waals surface area contributed by atoms with Crippen LogP contribution in [0.3, 0.4) is 0 Å². The molecular formula is C18H12F3NO3. The SMILES string of the molecule is Cc1c(-c2ccccc2)nc2ccc(C(F)(F)F)cc2c1OC(=O)O. The molecule has 3 aromatic rings. The molecule has 0 aliphatic rings. The van der Waals surface area contributed by atoms with Crippen LogP contribution in [0.25, 0.3) is 22.2 Å². The third-order valence-corrected chi connectivity index (χ3v) is 3.73. The Bertz CT molecular complexity index is 953. The molecule has 0 saturated carbocycles.